The van der Waals surface area contributed by atoms with Gasteiger partial charge in [-0.2, -0.15) is 0 Å². The Balaban J connectivity index is 2.65. The Morgan fingerprint density at radius 1 is 1.44 bits per heavy atom. The minimum Gasteiger partial charge on any atom is -0.481 e. The second-order valence-electron chi connectivity index (χ2n) is 3.52. The number of aryl methyl sites for hydroxylation is 2. The van der Waals surface area contributed by atoms with Crippen LogP contribution < -0.4 is 5.30 Å². The summed E-state index contributed by atoms with van der Waals surface area (Å²) < 4.78 is 16.7. The molecule has 1 rings (SSSR count). The topological polar surface area (TPSA) is 63.6 Å². The fraction of sp³-hybridized carbons (Fsp3) is 0.364. The van der Waals surface area contributed by atoms with Crippen molar-refractivity contribution in [3.05, 3.63) is 29.3 Å². The van der Waals surface area contributed by atoms with Crippen molar-refractivity contribution < 1.29 is 19.0 Å². The average molecular weight is 241 g/mol. The normalized spacial score (nSPS) is 11.2. The van der Waals surface area contributed by atoms with Crippen LogP contribution in [0.15, 0.2) is 18.2 Å². The first-order valence-corrected chi connectivity index (χ1v) is 6.07. The highest BCUT2D eigenvalue weighted by molar-refractivity contribution is 7.48. The molecule has 1 aromatic rings. The number of rotatable bonds is 5. The van der Waals surface area contributed by atoms with Gasteiger partial charge in [-0.05, 0) is 30.0 Å². The maximum atomic E-state index is 11.7. The van der Waals surface area contributed by atoms with E-state index in [4.69, 9.17) is 9.63 Å². The van der Waals surface area contributed by atoms with E-state index < -0.39 is 14.0 Å². The van der Waals surface area contributed by atoms with Crippen molar-refractivity contribution in [1.82, 2.24) is 0 Å². The lowest BCUT2D eigenvalue weighted by molar-refractivity contribution is -0.137. The highest BCUT2D eigenvalue weighted by Gasteiger charge is 2.25. The van der Waals surface area contributed by atoms with Crippen molar-refractivity contribution in [2.75, 3.05) is 6.61 Å². The van der Waals surface area contributed by atoms with Crippen molar-refractivity contribution in [1.29, 1.82) is 0 Å². The second kappa shape index (κ2) is 5.73. The predicted octanol–water partition coefficient (Wildman–Crippen LogP) is 2.16. The van der Waals surface area contributed by atoms with Gasteiger partial charge in [-0.15, -0.1) is 4.52 Å². The number of hydrogen-bond donors (Lipinski definition) is 1. The van der Waals surface area contributed by atoms with Crippen molar-refractivity contribution in [2.24, 2.45) is 0 Å². The Hall–Kier alpha value is -1.25. The summed E-state index contributed by atoms with van der Waals surface area (Å²) in [4.78, 5) is 10.3. The number of benzene rings is 1. The summed E-state index contributed by atoms with van der Waals surface area (Å²) in [5.41, 5.74) is 1.90. The zero-order chi connectivity index (χ0) is 12.1. The lowest BCUT2D eigenvalue weighted by atomic mass is 10.2. The van der Waals surface area contributed by atoms with Gasteiger partial charge in [-0.3, -0.25) is 4.79 Å². The first-order chi connectivity index (χ1) is 7.50. The average Bonchev–Trinajstić information content (AvgIpc) is 2.21. The molecule has 1 aromatic carbocycles. The van der Waals surface area contributed by atoms with Gasteiger partial charge in [0.15, 0.2) is 0 Å². The van der Waals surface area contributed by atoms with Crippen LogP contribution in [0.1, 0.15) is 17.5 Å². The molecular weight excluding hydrogens is 227 g/mol. The van der Waals surface area contributed by atoms with Crippen LogP contribution in [0.4, 0.5) is 0 Å². The third-order valence-electron chi connectivity index (χ3n) is 2.09. The van der Waals surface area contributed by atoms with E-state index >= 15 is 0 Å². The van der Waals surface area contributed by atoms with Gasteiger partial charge in [0.2, 0.25) is 5.30 Å². The molecule has 0 aliphatic carbocycles. The maximum Gasteiger partial charge on any atom is 0.549 e. The number of carboxylic acid groups (broad SMARTS) is 1. The molecule has 16 heavy (non-hydrogen) atoms. The van der Waals surface area contributed by atoms with Crippen LogP contribution in [-0.2, 0) is 13.9 Å². The Morgan fingerprint density at radius 2 is 2.12 bits per heavy atom. The largest absolute Gasteiger partial charge is 0.549 e. The SMILES string of the molecule is Cc1ccc(C)c([P+](=O)OCCC(=O)O)c1. The molecule has 0 heterocycles. The van der Waals surface area contributed by atoms with Gasteiger partial charge in [-0.1, -0.05) is 12.1 Å². The van der Waals surface area contributed by atoms with Crippen molar-refractivity contribution >= 4 is 19.3 Å². The molecule has 0 saturated heterocycles. The minimum absolute atomic E-state index is 0.0298. The van der Waals surface area contributed by atoms with Crippen LogP contribution >= 0.6 is 8.03 Å². The standard InChI is InChI=1S/C11H13O4P/c1-8-3-4-9(2)10(7-8)16(14)15-6-5-11(12)13/h3-4,7H,5-6H2,1-2H3/p+1. The van der Waals surface area contributed by atoms with E-state index in [1.54, 1.807) is 6.07 Å². The van der Waals surface area contributed by atoms with E-state index in [-0.39, 0.29) is 13.0 Å². The lowest BCUT2D eigenvalue weighted by Gasteiger charge is -1.96. The van der Waals surface area contributed by atoms with Gasteiger partial charge in [0.05, 0.1) is 6.42 Å². The predicted molar refractivity (Wildman–Crippen MR) is 61.4 cm³/mol. The van der Waals surface area contributed by atoms with Crippen LogP contribution in [0.2, 0.25) is 0 Å². The molecule has 0 amide bonds. The quantitative estimate of drug-likeness (QED) is 0.802. The molecule has 4 nitrogen and oxygen atoms in total. The molecule has 5 heteroatoms. The molecule has 1 atom stereocenters. The van der Waals surface area contributed by atoms with Crippen molar-refractivity contribution in [3.8, 4) is 0 Å². The van der Waals surface area contributed by atoms with Gasteiger partial charge >= 0.3 is 14.0 Å². The van der Waals surface area contributed by atoms with Crippen LogP contribution in [0.5, 0.6) is 0 Å². The maximum absolute atomic E-state index is 11.7. The Kier molecular flexibility index (Phi) is 4.59. The van der Waals surface area contributed by atoms with E-state index in [9.17, 15) is 9.36 Å². The molecule has 0 spiro atoms. The molecule has 0 bridgehead atoms. The molecule has 86 valence electrons. The summed E-state index contributed by atoms with van der Waals surface area (Å²) in [6.07, 6.45) is -0.133. The summed E-state index contributed by atoms with van der Waals surface area (Å²) >= 11 is 0. The molecule has 0 aliphatic rings. The Labute approximate surface area is 95.1 Å². The number of carbonyl (C=O) groups is 1. The van der Waals surface area contributed by atoms with E-state index in [0.29, 0.717) is 5.30 Å². The summed E-state index contributed by atoms with van der Waals surface area (Å²) in [5, 5.41) is 9.06. The second-order valence-corrected chi connectivity index (χ2v) is 4.78. The zero-order valence-corrected chi connectivity index (χ0v) is 10.2. The third-order valence-corrected chi connectivity index (χ3v) is 3.38. The lowest BCUT2D eigenvalue weighted by Crippen LogP contribution is -2.06. The minimum atomic E-state index is -1.96. The van der Waals surface area contributed by atoms with Gasteiger partial charge < -0.3 is 5.11 Å². The molecule has 0 aromatic heterocycles. The fourth-order valence-electron chi connectivity index (χ4n) is 1.20. The molecule has 0 radical (unpaired) electrons. The molecule has 0 aliphatic heterocycles. The summed E-state index contributed by atoms with van der Waals surface area (Å²) in [7, 11) is -1.96. The first kappa shape index (κ1) is 12.8. The summed E-state index contributed by atoms with van der Waals surface area (Å²) in [5.74, 6) is -0.954. The third kappa shape index (κ3) is 3.72. The smallest absolute Gasteiger partial charge is 0.481 e. The van der Waals surface area contributed by atoms with E-state index in [0.717, 1.165) is 11.1 Å². The number of aliphatic carboxylic acids is 1. The highest BCUT2D eigenvalue weighted by atomic mass is 31.1. The number of hydrogen-bond acceptors (Lipinski definition) is 3. The van der Waals surface area contributed by atoms with Crippen molar-refractivity contribution in [2.45, 2.75) is 20.3 Å². The Morgan fingerprint density at radius 3 is 2.75 bits per heavy atom. The monoisotopic (exact) mass is 241 g/mol. The van der Waals surface area contributed by atoms with E-state index in [2.05, 4.69) is 0 Å². The molecule has 1 N–H and O–H groups in total. The first-order valence-electron chi connectivity index (χ1n) is 4.90. The van der Waals surface area contributed by atoms with Crippen LogP contribution in [0, 0.1) is 13.8 Å². The van der Waals surface area contributed by atoms with Crippen LogP contribution in [0.25, 0.3) is 0 Å². The highest BCUT2D eigenvalue weighted by Crippen LogP contribution is 2.24. The van der Waals surface area contributed by atoms with Crippen LogP contribution in [0.3, 0.4) is 0 Å². The van der Waals surface area contributed by atoms with Crippen molar-refractivity contribution in [3.63, 3.8) is 0 Å². The summed E-state index contributed by atoms with van der Waals surface area (Å²) in [6.45, 7) is 3.73. The molecular formula is C11H14O4P+. The molecule has 1 unspecified atom stereocenters. The number of carboxylic acids is 1. The van der Waals surface area contributed by atoms with Gasteiger partial charge in [0.25, 0.3) is 0 Å². The molecule has 0 fully saturated rings. The summed E-state index contributed by atoms with van der Waals surface area (Å²) in [6, 6.07) is 5.60. The van der Waals surface area contributed by atoms with Gasteiger partial charge in [-0.25, -0.2) is 0 Å². The van der Waals surface area contributed by atoms with Crippen LogP contribution in [-0.4, -0.2) is 17.7 Å². The van der Waals surface area contributed by atoms with Gasteiger partial charge in [0.1, 0.15) is 6.61 Å². The van der Waals surface area contributed by atoms with Gasteiger partial charge in [0, 0.05) is 5.56 Å². The fourth-order valence-corrected chi connectivity index (χ4v) is 2.27. The van der Waals surface area contributed by atoms with E-state index in [1.165, 1.54) is 0 Å². The zero-order valence-electron chi connectivity index (χ0n) is 9.27. The Bertz CT molecular complexity index is 414. The molecule has 0 saturated carbocycles. The van der Waals surface area contributed by atoms with E-state index in [1.807, 2.05) is 26.0 Å².